The van der Waals surface area contributed by atoms with Gasteiger partial charge in [0.05, 0.1) is 0 Å². The molecule has 0 amide bonds. The van der Waals surface area contributed by atoms with E-state index in [-0.39, 0.29) is 46.5 Å². The zero-order valence-electron chi connectivity index (χ0n) is 6.32. The molecule has 0 N–H and O–H groups in total. The Kier molecular flexibility index (Phi) is 17.8. The molecule has 1 saturated heterocycles. The molecule has 0 aromatic heterocycles. The van der Waals surface area contributed by atoms with Gasteiger partial charge in [-0.1, -0.05) is 0 Å². The minimum Gasteiger partial charge on any atom is -0.813 e. The van der Waals surface area contributed by atoms with Gasteiger partial charge in [0, 0.05) is 19.5 Å². The minimum absolute atomic E-state index is 0. The summed E-state index contributed by atoms with van der Waals surface area (Å²) in [5.41, 5.74) is 0. The summed E-state index contributed by atoms with van der Waals surface area (Å²) >= 11 is 0. The summed E-state index contributed by atoms with van der Waals surface area (Å²) in [6.45, 7) is 4.38. The first kappa shape index (κ1) is 17.4. The molecule has 1 aliphatic heterocycles. The van der Waals surface area contributed by atoms with Crippen molar-refractivity contribution in [1.82, 2.24) is 4.90 Å². The fraction of sp³-hybridized carbons (Fsp3) is 1.00. The summed E-state index contributed by atoms with van der Waals surface area (Å²) in [5.74, 6) is 0. The summed E-state index contributed by atoms with van der Waals surface area (Å²) in [7, 11) is 2.13. The van der Waals surface area contributed by atoms with E-state index in [1.165, 1.54) is 0 Å². The van der Waals surface area contributed by atoms with Gasteiger partial charge in [-0.25, -0.2) is 0 Å². The van der Waals surface area contributed by atoms with Gasteiger partial charge in [0.15, 0.2) is 0 Å². The Morgan fingerprint density at radius 1 is 1.10 bits per heavy atom. The van der Waals surface area contributed by atoms with E-state index in [2.05, 4.69) is 17.3 Å². The minimum atomic E-state index is 0. The first-order chi connectivity index (χ1) is 3.39. The molecule has 1 rings (SSSR count). The Balaban J connectivity index is -0.000000163. The molecule has 10 heavy (non-hydrogen) atoms. The molecule has 5 heteroatoms. The van der Waals surface area contributed by atoms with E-state index in [0.29, 0.717) is 0 Å². The Hall–Kier alpha value is 1.24. The number of hydrogen-bond acceptors (Lipinski definition) is 3. The monoisotopic (exact) mass is 229 g/mol. The van der Waals surface area contributed by atoms with Gasteiger partial charge in [0.2, 0.25) is 0 Å². The van der Waals surface area contributed by atoms with Gasteiger partial charge in [-0.2, -0.15) is 0 Å². The van der Waals surface area contributed by atoms with Crippen LogP contribution < -0.4 is 0 Å². The SMILES string of the molecule is CN1CC[N-]CC1.[SH-].[SH-].[Zn]. The third-order valence-corrected chi connectivity index (χ3v) is 1.28. The molecular weight excluding hydrogens is 218 g/mol. The van der Waals surface area contributed by atoms with Gasteiger partial charge in [-0.15, -0.1) is 13.1 Å². The summed E-state index contributed by atoms with van der Waals surface area (Å²) in [4.78, 5) is 2.30. The molecular formula is C5H13N2S2Zn-3. The molecule has 0 aromatic carbocycles. The topological polar surface area (TPSA) is 17.3 Å². The van der Waals surface area contributed by atoms with Crippen LogP contribution >= 0.6 is 0 Å². The van der Waals surface area contributed by atoms with E-state index >= 15 is 0 Å². The van der Waals surface area contributed by atoms with Crippen LogP contribution in [0, 0.1) is 0 Å². The van der Waals surface area contributed by atoms with Crippen LogP contribution in [0.25, 0.3) is 5.32 Å². The van der Waals surface area contributed by atoms with Crippen LogP contribution in [0.5, 0.6) is 0 Å². The number of rotatable bonds is 0. The third-order valence-electron chi connectivity index (χ3n) is 1.28. The van der Waals surface area contributed by atoms with E-state index < -0.39 is 0 Å². The van der Waals surface area contributed by atoms with Gasteiger partial charge in [0.1, 0.15) is 0 Å². The van der Waals surface area contributed by atoms with Crippen molar-refractivity contribution in [2.45, 2.75) is 0 Å². The van der Waals surface area contributed by atoms with E-state index in [1.807, 2.05) is 0 Å². The number of piperazine rings is 1. The molecule has 60 valence electrons. The van der Waals surface area contributed by atoms with Crippen molar-refractivity contribution in [3.05, 3.63) is 5.32 Å². The number of thiol groups is 2. The largest absolute Gasteiger partial charge is 0.813 e. The van der Waals surface area contributed by atoms with Crippen LogP contribution in [0.2, 0.25) is 0 Å². The van der Waals surface area contributed by atoms with Gasteiger partial charge in [-0.05, 0) is 20.1 Å². The number of hydrogen-bond donors (Lipinski definition) is 0. The van der Waals surface area contributed by atoms with Crippen LogP contribution in [-0.2, 0) is 46.5 Å². The van der Waals surface area contributed by atoms with Crippen molar-refractivity contribution in [3.8, 4) is 0 Å². The van der Waals surface area contributed by atoms with Crippen molar-refractivity contribution >= 4 is 27.0 Å². The molecule has 1 heterocycles. The molecule has 0 radical (unpaired) electrons. The second-order valence-electron chi connectivity index (χ2n) is 1.97. The van der Waals surface area contributed by atoms with Crippen molar-refractivity contribution in [1.29, 1.82) is 0 Å². The van der Waals surface area contributed by atoms with Crippen molar-refractivity contribution in [2.75, 3.05) is 33.2 Å². The number of likely N-dealkylation sites (N-methyl/N-ethyl adjacent to an activating group) is 1. The summed E-state index contributed by atoms with van der Waals surface area (Å²) in [6, 6.07) is 0. The van der Waals surface area contributed by atoms with Crippen LogP contribution in [-0.4, -0.2) is 38.1 Å². The van der Waals surface area contributed by atoms with E-state index in [1.54, 1.807) is 0 Å². The third kappa shape index (κ3) is 7.35. The van der Waals surface area contributed by atoms with E-state index in [9.17, 15) is 0 Å². The fourth-order valence-corrected chi connectivity index (χ4v) is 0.706. The normalized spacial score (nSPS) is 17.7. The zero-order valence-corrected chi connectivity index (χ0v) is 11.1. The molecule has 0 spiro atoms. The van der Waals surface area contributed by atoms with Crippen LogP contribution in [0.1, 0.15) is 0 Å². The fourth-order valence-electron chi connectivity index (χ4n) is 0.706. The van der Waals surface area contributed by atoms with E-state index in [4.69, 9.17) is 0 Å². The first-order valence-electron chi connectivity index (χ1n) is 2.71. The average Bonchev–Trinajstić information content (AvgIpc) is 1.69. The quantitative estimate of drug-likeness (QED) is 0.325. The predicted octanol–water partition coefficient (Wildman–Crippen LogP) is -0.237. The standard InChI is InChI=1S/C5H11N2.2H2S.Zn/c1-7-4-2-6-3-5-7;;;/h2-5H2,1H3;2*1H2;/q-1;;;/p-2. The molecule has 2 nitrogen and oxygen atoms in total. The summed E-state index contributed by atoms with van der Waals surface area (Å²) in [6.07, 6.45) is 0. The predicted molar refractivity (Wildman–Crippen MR) is 48.1 cm³/mol. The molecule has 0 aliphatic carbocycles. The second-order valence-corrected chi connectivity index (χ2v) is 1.97. The van der Waals surface area contributed by atoms with Gasteiger partial charge < -0.3 is 37.2 Å². The summed E-state index contributed by atoms with van der Waals surface area (Å²) in [5, 5.41) is 4.19. The molecule has 0 bridgehead atoms. The Morgan fingerprint density at radius 3 is 1.70 bits per heavy atom. The van der Waals surface area contributed by atoms with Crippen LogP contribution in [0.4, 0.5) is 0 Å². The maximum atomic E-state index is 4.19. The second kappa shape index (κ2) is 10.2. The van der Waals surface area contributed by atoms with Crippen molar-refractivity contribution < 1.29 is 19.5 Å². The average molecular weight is 231 g/mol. The molecule has 0 saturated carbocycles. The van der Waals surface area contributed by atoms with Gasteiger partial charge in [-0.3, -0.25) is 0 Å². The van der Waals surface area contributed by atoms with Gasteiger partial charge in [0.25, 0.3) is 0 Å². The maximum Gasteiger partial charge on any atom is 0 e. The van der Waals surface area contributed by atoms with E-state index in [0.717, 1.165) is 26.2 Å². The molecule has 0 atom stereocenters. The van der Waals surface area contributed by atoms with Crippen molar-refractivity contribution in [2.24, 2.45) is 0 Å². The zero-order chi connectivity index (χ0) is 5.11. The van der Waals surface area contributed by atoms with Crippen LogP contribution in [0.15, 0.2) is 0 Å². The molecule has 0 unspecified atom stereocenters. The van der Waals surface area contributed by atoms with Gasteiger partial charge >= 0.3 is 0 Å². The summed E-state index contributed by atoms with van der Waals surface area (Å²) < 4.78 is 0. The van der Waals surface area contributed by atoms with Crippen LogP contribution in [0.3, 0.4) is 0 Å². The van der Waals surface area contributed by atoms with Crippen molar-refractivity contribution in [3.63, 3.8) is 0 Å². The Labute approximate surface area is 89.8 Å². The first-order valence-corrected chi connectivity index (χ1v) is 2.71. The number of nitrogens with zero attached hydrogens (tertiary/aromatic N) is 2. The maximum absolute atomic E-state index is 4.19. The molecule has 0 aromatic rings. The Morgan fingerprint density at radius 2 is 1.50 bits per heavy atom. The Bertz CT molecular complexity index is 59.6. The smallest absolute Gasteiger partial charge is 0 e. The molecule has 1 aliphatic rings. The molecule has 1 fully saturated rings.